The molecule has 8 nitrogen and oxygen atoms in total. The average Bonchev–Trinajstić information content (AvgIpc) is 2.85. The summed E-state index contributed by atoms with van der Waals surface area (Å²) in [6.45, 7) is 1.15. The van der Waals surface area contributed by atoms with E-state index in [9.17, 15) is 18.8 Å². The number of ether oxygens (including phenoxy) is 1. The highest BCUT2D eigenvalue weighted by Crippen LogP contribution is 2.24. The molecule has 2 aromatic carbocycles. The van der Waals surface area contributed by atoms with E-state index in [-0.39, 0.29) is 17.4 Å². The van der Waals surface area contributed by atoms with Crippen molar-refractivity contribution in [2.24, 2.45) is 5.92 Å². The monoisotopic (exact) mass is 450 g/mol. The van der Waals surface area contributed by atoms with E-state index < -0.39 is 11.8 Å². The van der Waals surface area contributed by atoms with Gasteiger partial charge in [0.05, 0.1) is 24.0 Å². The van der Waals surface area contributed by atoms with E-state index in [1.807, 2.05) is 4.90 Å². The fourth-order valence-corrected chi connectivity index (χ4v) is 3.82. The summed E-state index contributed by atoms with van der Waals surface area (Å²) in [4.78, 5) is 39.0. The van der Waals surface area contributed by atoms with Crippen molar-refractivity contribution in [3.63, 3.8) is 0 Å². The van der Waals surface area contributed by atoms with Gasteiger partial charge in [0.15, 0.2) is 0 Å². The number of nitrogens with zero attached hydrogens (tertiary/aromatic N) is 3. The molecule has 3 aromatic rings. The number of hydrogen-bond acceptors (Lipinski definition) is 6. The maximum absolute atomic E-state index is 13.2. The van der Waals surface area contributed by atoms with Crippen molar-refractivity contribution >= 4 is 23.4 Å². The van der Waals surface area contributed by atoms with Gasteiger partial charge in [-0.1, -0.05) is 12.1 Å². The fraction of sp³-hybridized carbons (Fsp3) is 0.250. The minimum atomic E-state index is -0.511. The standard InChI is InChI=1S/C24H23FN4O4/c1-33-24(32)19-4-2-3-5-20(19)26-23(31)16-12-14-28(15-13-16)21-10-11-22(30)29(27-21)18-8-6-17(25)7-9-18/h2-11,16H,12-15H2,1H3,(H,26,31). The van der Waals surface area contributed by atoms with E-state index in [0.29, 0.717) is 48.7 Å². The van der Waals surface area contributed by atoms with Crippen LogP contribution in [0, 0.1) is 11.7 Å². The molecule has 0 saturated carbocycles. The fourth-order valence-electron chi connectivity index (χ4n) is 3.82. The molecule has 0 unspecified atom stereocenters. The average molecular weight is 450 g/mol. The van der Waals surface area contributed by atoms with Gasteiger partial charge < -0.3 is 15.0 Å². The molecule has 0 aliphatic carbocycles. The lowest BCUT2D eigenvalue weighted by Crippen LogP contribution is -2.39. The van der Waals surface area contributed by atoms with Crippen LogP contribution in [0.2, 0.25) is 0 Å². The van der Waals surface area contributed by atoms with E-state index in [2.05, 4.69) is 10.4 Å². The van der Waals surface area contributed by atoms with Crippen LogP contribution < -0.4 is 15.8 Å². The number of amides is 1. The number of nitrogens with one attached hydrogen (secondary N) is 1. The van der Waals surface area contributed by atoms with Crippen LogP contribution in [0.3, 0.4) is 0 Å². The quantitative estimate of drug-likeness (QED) is 0.601. The zero-order valence-corrected chi connectivity index (χ0v) is 18.0. The van der Waals surface area contributed by atoms with Crippen LogP contribution in [0.15, 0.2) is 65.5 Å². The number of carbonyl (C=O) groups excluding carboxylic acids is 2. The summed E-state index contributed by atoms with van der Waals surface area (Å²) in [7, 11) is 1.30. The van der Waals surface area contributed by atoms with Crippen LogP contribution in [0.25, 0.3) is 5.69 Å². The Balaban J connectivity index is 1.43. The molecule has 170 valence electrons. The van der Waals surface area contributed by atoms with Crippen molar-refractivity contribution < 1.29 is 18.7 Å². The molecule has 1 saturated heterocycles. The number of carbonyl (C=O) groups is 2. The lowest BCUT2D eigenvalue weighted by Gasteiger charge is -2.32. The molecular formula is C24H23FN4O4. The van der Waals surface area contributed by atoms with E-state index in [1.54, 1.807) is 30.3 Å². The molecule has 1 fully saturated rings. The van der Waals surface area contributed by atoms with Gasteiger partial charge in [0.1, 0.15) is 11.6 Å². The minimum Gasteiger partial charge on any atom is -0.465 e. The summed E-state index contributed by atoms with van der Waals surface area (Å²) < 4.78 is 19.2. The Hall–Kier alpha value is -4.01. The van der Waals surface area contributed by atoms with Crippen LogP contribution >= 0.6 is 0 Å². The van der Waals surface area contributed by atoms with Crippen LogP contribution in [-0.2, 0) is 9.53 Å². The highest BCUT2D eigenvalue weighted by Gasteiger charge is 2.27. The van der Waals surface area contributed by atoms with Crippen molar-refractivity contribution in [2.45, 2.75) is 12.8 Å². The lowest BCUT2D eigenvalue weighted by molar-refractivity contribution is -0.120. The van der Waals surface area contributed by atoms with Gasteiger partial charge in [-0.25, -0.2) is 9.18 Å². The first kappa shape index (κ1) is 22.2. The molecule has 0 radical (unpaired) electrons. The SMILES string of the molecule is COC(=O)c1ccccc1NC(=O)C1CCN(c2ccc(=O)n(-c3ccc(F)cc3)n2)CC1. The number of benzene rings is 2. The number of halogens is 1. The van der Waals surface area contributed by atoms with Crippen LogP contribution in [0.1, 0.15) is 23.2 Å². The Labute approximate surface area is 189 Å². The highest BCUT2D eigenvalue weighted by molar-refractivity contribution is 6.01. The smallest absolute Gasteiger partial charge is 0.339 e. The molecular weight excluding hydrogens is 427 g/mol. The van der Waals surface area contributed by atoms with Crippen LogP contribution in [0.4, 0.5) is 15.9 Å². The molecule has 0 atom stereocenters. The van der Waals surface area contributed by atoms with Crippen LogP contribution in [-0.4, -0.2) is 41.9 Å². The second kappa shape index (κ2) is 9.64. The molecule has 0 bridgehead atoms. The Kier molecular flexibility index (Phi) is 6.48. The van der Waals surface area contributed by atoms with Crippen molar-refractivity contribution in [2.75, 3.05) is 30.4 Å². The third-order valence-electron chi connectivity index (χ3n) is 5.64. The maximum Gasteiger partial charge on any atom is 0.339 e. The van der Waals surface area contributed by atoms with Crippen LogP contribution in [0.5, 0.6) is 0 Å². The highest BCUT2D eigenvalue weighted by atomic mass is 19.1. The van der Waals surface area contributed by atoms with Crippen molar-refractivity contribution in [3.8, 4) is 5.69 Å². The Bertz CT molecular complexity index is 1220. The number of aromatic nitrogens is 2. The number of hydrogen-bond donors (Lipinski definition) is 1. The van der Waals surface area contributed by atoms with Crippen molar-refractivity contribution in [3.05, 3.63) is 82.4 Å². The van der Waals surface area contributed by atoms with Gasteiger partial charge in [-0.3, -0.25) is 9.59 Å². The second-order valence-electron chi connectivity index (χ2n) is 7.71. The number of para-hydroxylation sites is 1. The summed E-state index contributed by atoms with van der Waals surface area (Å²) in [6.07, 6.45) is 1.17. The van der Waals surface area contributed by atoms with Gasteiger partial charge in [0.2, 0.25) is 5.91 Å². The van der Waals surface area contributed by atoms with Gasteiger partial charge in [0, 0.05) is 25.1 Å². The largest absolute Gasteiger partial charge is 0.465 e. The first-order valence-corrected chi connectivity index (χ1v) is 10.6. The molecule has 1 amide bonds. The number of esters is 1. The minimum absolute atomic E-state index is 0.157. The summed E-state index contributed by atoms with van der Waals surface area (Å²) in [5.41, 5.74) is 0.883. The third kappa shape index (κ3) is 4.92. The maximum atomic E-state index is 13.2. The Morgan fingerprint density at radius 2 is 1.73 bits per heavy atom. The summed E-state index contributed by atoms with van der Waals surface area (Å²) in [6, 6.07) is 15.3. The van der Waals surface area contributed by atoms with E-state index in [4.69, 9.17) is 4.74 Å². The Morgan fingerprint density at radius 1 is 1.03 bits per heavy atom. The van der Waals surface area contributed by atoms with Gasteiger partial charge in [-0.2, -0.15) is 4.68 Å². The number of piperidine rings is 1. The zero-order valence-electron chi connectivity index (χ0n) is 18.0. The second-order valence-corrected chi connectivity index (χ2v) is 7.71. The molecule has 4 rings (SSSR count). The van der Waals surface area contributed by atoms with Crippen molar-refractivity contribution in [1.29, 1.82) is 0 Å². The number of anilines is 2. The van der Waals surface area contributed by atoms with Gasteiger partial charge in [-0.05, 0) is 55.3 Å². The molecule has 1 aromatic heterocycles. The predicted molar refractivity (Wildman–Crippen MR) is 121 cm³/mol. The van der Waals surface area contributed by atoms with E-state index >= 15 is 0 Å². The molecule has 1 N–H and O–H groups in total. The first-order chi connectivity index (χ1) is 16.0. The summed E-state index contributed by atoms with van der Waals surface area (Å²) in [5, 5.41) is 7.27. The third-order valence-corrected chi connectivity index (χ3v) is 5.64. The van der Waals surface area contributed by atoms with Crippen molar-refractivity contribution in [1.82, 2.24) is 9.78 Å². The lowest BCUT2D eigenvalue weighted by atomic mass is 9.95. The number of methoxy groups -OCH3 is 1. The molecule has 2 heterocycles. The van der Waals surface area contributed by atoms with Gasteiger partial charge in [0.25, 0.3) is 5.56 Å². The molecule has 33 heavy (non-hydrogen) atoms. The summed E-state index contributed by atoms with van der Waals surface area (Å²) in [5.74, 6) is -0.681. The Morgan fingerprint density at radius 3 is 2.42 bits per heavy atom. The molecule has 9 heteroatoms. The zero-order chi connectivity index (χ0) is 23.4. The van der Waals surface area contributed by atoms with E-state index in [1.165, 1.54) is 42.1 Å². The van der Waals surface area contributed by atoms with Gasteiger partial charge >= 0.3 is 5.97 Å². The molecule has 0 spiro atoms. The molecule has 1 aliphatic heterocycles. The molecule has 1 aliphatic rings. The summed E-state index contributed by atoms with van der Waals surface area (Å²) >= 11 is 0. The first-order valence-electron chi connectivity index (χ1n) is 10.6. The number of rotatable bonds is 5. The van der Waals surface area contributed by atoms with Gasteiger partial charge in [-0.15, -0.1) is 5.10 Å². The normalized spacial score (nSPS) is 14.1. The van der Waals surface area contributed by atoms with E-state index in [0.717, 1.165) is 0 Å². The topological polar surface area (TPSA) is 93.5 Å². The predicted octanol–water partition coefficient (Wildman–Crippen LogP) is 3.01.